The highest BCUT2D eigenvalue weighted by molar-refractivity contribution is 7.13. The minimum absolute atomic E-state index is 0.0717. The second-order valence-corrected chi connectivity index (χ2v) is 7.06. The molecular weight excluding hydrogens is 362 g/mol. The Morgan fingerprint density at radius 1 is 1.56 bits per heavy atom. The lowest BCUT2D eigenvalue weighted by atomic mass is 10.0. The van der Waals surface area contributed by atoms with Gasteiger partial charge in [-0.15, -0.1) is 11.3 Å². The van der Waals surface area contributed by atoms with E-state index in [0.29, 0.717) is 24.7 Å². The number of hydrogen-bond donors (Lipinski definition) is 2. The monoisotopic (exact) mass is 383 g/mol. The number of hydrogen-bond acceptors (Lipinski definition) is 6. The fourth-order valence-electron chi connectivity index (χ4n) is 2.98. The van der Waals surface area contributed by atoms with E-state index in [4.69, 9.17) is 16.3 Å². The van der Waals surface area contributed by atoms with Gasteiger partial charge in [0, 0.05) is 31.3 Å². The summed E-state index contributed by atoms with van der Waals surface area (Å²) in [7, 11) is 0. The maximum absolute atomic E-state index is 12.5. The molecule has 1 saturated heterocycles. The first-order chi connectivity index (χ1) is 12.1. The molecular formula is C16H22ClN5O2S. The number of piperidine rings is 1. The summed E-state index contributed by atoms with van der Waals surface area (Å²) in [6.45, 7) is 6.03. The summed E-state index contributed by atoms with van der Waals surface area (Å²) in [6.07, 6.45) is 3.19. The van der Waals surface area contributed by atoms with Crippen LogP contribution in [0, 0.1) is 0 Å². The zero-order valence-electron chi connectivity index (χ0n) is 14.3. The third-order valence-electron chi connectivity index (χ3n) is 4.24. The molecule has 2 atom stereocenters. The van der Waals surface area contributed by atoms with Crippen molar-refractivity contribution in [3.8, 4) is 0 Å². The van der Waals surface area contributed by atoms with Gasteiger partial charge in [-0.05, 0) is 19.8 Å². The highest BCUT2D eigenvalue weighted by Crippen LogP contribution is 2.24. The molecule has 0 unspecified atom stereocenters. The van der Waals surface area contributed by atoms with Gasteiger partial charge in [0.2, 0.25) is 0 Å². The maximum Gasteiger partial charge on any atom is 0.287 e. The second-order valence-electron chi connectivity index (χ2n) is 5.83. The van der Waals surface area contributed by atoms with Crippen LogP contribution in [0.3, 0.4) is 0 Å². The molecule has 25 heavy (non-hydrogen) atoms. The standard InChI is InChI=1S/C16H22ClN5O2S/c1-3-10-13(17)21-14(19-10)15(23)20-11-5-7-22(9-12(11)24-4-2)16-18-6-8-25-16/h6,8,11-12H,3-5,7,9H2,1-2H3,(H,19,21)(H,20,23)/t11-,12+/m1/s1. The van der Waals surface area contributed by atoms with Gasteiger partial charge in [0.15, 0.2) is 16.1 Å². The van der Waals surface area contributed by atoms with Crippen LogP contribution in [-0.2, 0) is 11.2 Å². The van der Waals surface area contributed by atoms with Crippen molar-refractivity contribution in [3.63, 3.8) is 0 Å². The summed E-state index contributed by atoms with van der Waals surface area (Å²) in [6, 6.07) is -0.0717. The number of rotatable bonds is 6. The molecule has 136 valence electrons. The first-order valence-corrected chi connectivity index (χ1v) is 9.69. The van der Waals surface area contributed by atoms with E-state index in [1.165, 1.54) is 0 Å². The lowest BCUT2D eigenvalue weighted by Crippen LogP contribution is -2.55. The normalized spacial score (nSPS) is 20.7. The quantitative estimate of drug-likeness (QED) is 0.800. The highest BCUT2D eigenvalue weighted by Gasteiger charge is 2.32. The van der Waals surface area contributed by atoms with Gasteiger partial charge >= 0.3 is 0 Å². The average Bonchev–Trinajstić information content (AvgIpc) is 3.26. The molecule has 1 aliphatic rings. The number of imidazole rings is 1. The zero-order valence-corrected chi connectivity index (χ0v) is 15.9. The number of aromatic amines is 1. The average molecular weight is 384 g/mol. The number of carbonyl (C=O) groups excluding carboxylic acids is 1. The van der Waals surface area contributed by atoms with E-state index >= 15 is 0 Å². The SMILES string of the molecule is CCO[C@H]1CN(c2nccs2)CC[C@H]1NC(=O)c1nc(Cl)c(CC)[nH]1. The van der Waals surface area contributed by atoms with E-state index in [1.807, 2.05) is 19.2 Å². The molecule has 0 aliphatic carbocycles. The molecule has 3 rings (SSSR count). The molecule has 3 heterocycles. The molecule has 9 heteroatoms. The Balaban J connectivity index is 1.67. The smallest absolute Gasteiger partial charge is 0.287 e. The van der Waals surface area contributed by atoms with Gasteiger partial charge in [-0.1, -0.05) is 18.5 Å². The van der Waals surface area contributed by atoms with Gasteiger partial charge in [0.05, 0.1) is 17.8 Å². The fourth-order valence-corrected chi connectivity index (χ4v) is 3.92. The van der Waals surface area contributed by atoms with Crippen LogP contribution in [0.5, 0.6) is 0 Å². The third kappa shape index (κ3) is 4.13. The number of aryl methyl sites for hydroxylation is 1. The molecule has 1 fully saturated rings. The number of aromatic nitrogens is 3. The first-order valence-electron chi connectivity index (χ1n) is 8.43. The van der Waals surface area contributed by atoms with Crippen LogP contribution in [0.4, 0.5) is 5.13 Å². The predicted molar refractivity (Wildman–Crippen MR) is 98.6 cm³/mol. The number of carbonyl (C=O) groups is 1. The van der Waals surface area contributed by atoms with Crippen LogP contribution in [0.25, 0.3) is 0 Å². The number of amides is 1. The van der Waals surface area contributed by atoms with Gasteiger partial charge in [-0.25, -0.2) is 9.97 Å². The Labute approximate surface area is 155 Å². The van der Waals surface area contributed by atoms with Crippen molar-refractivity contribution in [1.29, 1.82) is 0 Å². The molecule has 1 amide bonds. The summed E-state index contributed by atoms with van der Waals surface area (Å²) in [5.41, 5.74) is 0.770. The zero-order chi connectivity index (χ0) is 17.8. The van der Waals surface area contributed by atoms with Crippen molar-refractivity contribution >= 4 is 34.0 Å². The van der Waals surface area contributed by atoms with Gasteiger partial charge < -0.3 is 19.9 Å². The van der Waals surface area contributed by atoms with E-state index in [-0.39, 0.29) is 23.9 Å². The maximum atomic E-state index is 12.5. The summed E-state index contributed by atoms with van der Waals surface area (Å²) >= 11 is 7.64. The molecule has 7 nitrogen and oxygen atoms in total. The van der Waals surface area contributed by atoms with Crippen molar-refractivity contribution in [3.05, 3.63) is 28.2 Å². The molecule has 0 saturated carbocycles. The number of anilines is 1. The minimum Gasteiger partial charge on any atom is -0.375 e. The number of halogens is 1. The number of H-pyrrole nitrogens is 1. The largest absolute Gasteiger partial charge is 0.375 e. The molecule has 1 aliphatic heterocycles. The lowest BCUT2D eigenvalue weighted by Gasteiger charge is -2.38. The topological polar surface area (TPSA) is 83.1 Å². The Morgan fingerprint density at radius 2 is 2.40 bits per heavy atom. The number of thiazole rings is 1. The van der Waals surface area contributed by atoms with E-state index in [2.05, 4.69) is 25.2 Å². The number of nitrogens with one attached hydrogen (secondary N) is 2. The molecule has 2 aromatic heterocycles. The highest BCUT2D eigenvalue weighted by atomic mass is 35.5. The molecule has 0 spiro atoms. The van der Waals surface area contributed by atoms with Crippen LogP contribution >= 0.6 is 22.9 Å². The number of ether oxygens (including phenoxy) is 1. The number of nitrogens with zero attached hydrogens (tertiary/aromatic N) is 3. The molecule has 0 radical (unpaired) electrons. The Hall–Kier alpha value is -1.64. The van der Waals surface area contributed by atoms with E-state index in [1.54, 1.807) is 17.5 Å². The van der Waals surface area contributed by atoms with Gasteiger partial charge in [-0.3, -0.25) is 4.79 Å². The Kier molecular flexibility index (Phi) is 5.93. The van der Waals surface area contributed by atoms with Crippen LogP contribution in [0.1, 0.15) is 36.6 Å². The lowest BCUT2D eigenvalue weighted by molar-refractivity contribution is 0.0271. The Morgan fingerprint density at radius 3 is 3.04 bits per heavy atom. The Bertz CT molecular complexity index is 705. The summed E-state index contributed by atoms with van der Waals surface area (Å²) in [5.74, 6) is -0.00143. The molecule has 2 aromatic rings. The van der Waals surface area contributed by atoms with Crippen molar-refractivity contribution in [2.75, 3.05) is 24.6 Å². The summed E-state index contributed by atoms with van der Waals surface area (Å²) < 4.78 is 5.87. The molecule has 0 bridgehead atoms. The van der Waals surface area contributed by atoms with Crippen LogP contribution < -0.4 is 10.2 Å². The van der Waals surface area contributed by atoms with Crippen LogP contribution in [-0.4, -0.2) is 52.7 Å². The third-order valence-corrected chi connectivity index (χ3v) is 5.39. The van der Waals surface area contributed by atoms with Gasteiger partial charge in [0.25, 0.3) is 5.91 Å². The van der Waals surface area contributed by atoms with Crippen molar-refractivity contribution in [2.24, 2.45) is 0 Å². The van der Waals surface area contributed by atoms with E-state index in [9.17, 15) is 4.79 Å². The minimum atomic E-state index is -0.251. The van der Waals surface area contributed by atoms with Gasteiger partial charge in [0.1, 0.15) is 0 Å². The summed E-state index contributed by atoms with van der Waals surface area (Å²) in [4.78, 5) is 26.2. The van der Waals surface area contributed by atoms with Crippen molar-refractivity contribution < 1.29 is 9.53 Å². The van der Waals surface area contributed by atoms with Crippen molar-refractivity contribution in [1.82, 2.24) is 20.3 Å². The summed E-state index contributed by atoms with van der Waals surface area (Å²) in [5, 5.41) is 6.34. The fraction of sp³-hybridized carbons (Fsp3) is 0.562. The van der Waals surface area contributed by atoms with Gasteiger partial charge in [-0.2, -0.15) is 0 Å². The van der Waals surface area contributed by atoms with Crippen LogP contribution in [0.2, 0.25) is 5.15 Å². The molecule has 2 N–H and O–H groups in total. The second kappa shape index (κ2) is 8.16. The first kappa shape index (κ1) is 18.2. The van der Waals surface area contributed by atoms with E-state index in [0.717, 1.165) is 23.8 Å². The predicted octanol–water partition coefficient (Wildman–Crippen LogP) is 2.50. The van der Waals surface area contributed by atoms with E-state index < -0.39 is 0 Å². The molecule has 0 aromatic carbocycles. The van der Waals surface area contributed by atoms with Crippen molar-refractivity contribution in [2.45, 2.75) is 38.8 Å². The van der Waals surface area contributed by atoms with Crippen LogP contribution in [0.15, 0.2) is 11.6 Å².